The fourth-order valence-corrected chi connectivity index (χ4v) is 3.88. The van der Waals surface area contributed by atoms with Crippen LogP contribution in [-0.4, -0.2) is 37.2 Å². The molecular weight excluding hydrogens is 352 g/mol. The third-order valence-corrected chi connectivity index (χ3v) is 5.15. The number of carbonyl (C=O) groups excluding carboxylic acids is 2. The van der Waals surface area contributed by atoms with E-state index in [9.17, 15) is 14.7 Å². The summed E-state index contributed by atoms with van der Waals surface area (Å²) in [7, 11) is 2.87. The summed E-state index contributed by atoms with van der Waals surface area (Å²) in [5, 5.41) is 10.9. The first-order valence-corrected chi connectivity index (χ1v) is 8.29. The number of aromatic hydroxyl groups is 1. The van der Waals surface area contributed by atoms with E-state index in [1.165, 1.54) is 38.7 Å². The van der Waals surface area contributed by atoms with E-state index in [0.29, 0.717) is 17.1 Å². The second-order valence-corrected chi connectivity index (χ2v) is 6.45. The molecule has 136 valence electrons. The van der Waals surface area contributed by atoms with Crippen molar-refractivity contribution in [1.29, 1.82) is 0 Å². The Morgan fingerprint density at radius 2 is 1.78 bits per heavy atom. The molecule has 2 aromatic carbocycles. The minimum atomic E-state index is -0.600. The SMILES string of the molecule is COc1cc(OC)c2c(c1)C(=O)c1cc3c(c(O)c1C2=O)[C@@H]1C=CO[C@@H]1O3. The first-order chi connectivity index (χ1) is 13.0. The normalized spacial score (nSPS) is 21.0. The standard InChI is InChI=1S/C20H14O7/c1-24-8-5-10-15(12(6-8)25-2)19(23)16-11(17(10)21)7-13-14(18(16)22)9-3-4-26-20(9)27-13/h3-7,9,20,22H,1-2H3/t9-,20+/m0/s1. The Bertz CT molecular complexity index is 1070. The summed E-state index contributed by atoms with van der Waals surface area (Å²) in [6.45, 7) is 0. The molecule has 0 bridgehead atoms. The van der Waals surface area contributed by atoms with Crippen LogP contribution < -0.4 is 14.2 Å². The van der Waals surface area contributed by atoms with Crippen LogP contribution in [0.1, 0.15) is 43.3 Å². The van der Waals surface area contributed by atoms with Gasteiger partial charge in [0.2, 0.25) is 5.78 Å². The summed E-state index contributed by atoms with van der Waals surface area (Å²) >= 11 is 0. The van der Waals surface area contributed by atoms with E-state index in [4.69, 9.17) is 18.9 Å². The van der Waals surface area contributed by atoms with Crippen molar-refractivity contribution in [2.45, 2.75) is 12.2 Å². The lowest BCUT2D eigenvalue weighted by molar-refractivity contribution is -0.00487. The quantitative estimate of drug-likeness (QED) is 0.745. The van der Waals surface area contributed by atoms with Gasteiger partial charge in [0.25, 0.3) is 6.29 Å². The molecule has 0 fully saturated rings. The molecule has 3 aliphatic rings. The lowest BCUT2D eigenvalue weighted by atomic mass is 9.80. The number of phenols is 1. The van der Waals surface area contributed by atoms with Gasteiger partial charge < -0.3 is 24.1 Å². The maximum atomic E-state index is 13.2. The number of ketones is 2. The highest BCUT2D eigenvalue weighted by atomic mass is 16.7. The van der Waals surface area contributed by atoms with Crippen molar-refractivity contribution < 1.29 is 33.6 Å². The molecule has 0 spiro atoms. The van der Waals surface area contributed by atoms with Crippen molar-refractivity contribution in [3.8, 4) is 23.0 Å². The van der Waals surface area contributed by atoms with Gasteiger partial charge in [-0.2, -0.15) is 0 Å². The molecule has 0 aromatic heterocycles. The van der Waals surface area contributed by atoms with Crippen molar-refractivity contribution in [3.63, 3.8) is 0 Å². The van der Waals surface area contributed by atoms with Crippen LogP contribution in [0, 0.1) is 0 Å². The molecule has 2 aromatic rings. The number of benzene rings is 2. The van der Waals surface area contributed by atoms with Gasteiger partial charge >= 0.3 is 0 Å². The average molecular weight is 366 g/mol. The third-order valence-electron chi connectivity index (χ3n) is 5.15. The van der Waals surface area contributed by atoms with Gasteiger partial charge in [-0.15, -0.1) is 0 Å². The maximum Gasteiger partial charge on any atom is 0.250 e. The van der Waals surface area contributed by atoms with Crippen molar-refractivity contribution in [2.24, 2.45) is 0 Å². The summed E-state index contributed by atoms with van der Waals surface area (Å²) in [5.74, 6) is -0.529. The van der Waals surface area contributed by atoms with E-state index in [0.717, 1.165) is 0 Å². The van der Waals surface area contributed by atoms with Crippen LogP contribution in [0.3, 0.4) is 0 Å². The smallest absolute Gasteiger partial charge is 0.250 e. The Labute approximate surface area is 153 Å². The Balaban J connectivity index is 1.77. The number of phenolic OH excluding ortho intramolecular Hbond substituents is 1. The van der Waals surface area contributed by atoms with Gasteiger partial charge in [0.05, 0.1) is 43.1 Å². The lowest BCUT2D eigenvalue weighted by Gasteiger charge is -2.22. The number of rotatable bonds is 2. The van der Waals surface area contributed by atoms with E-state index < -0.39 is 17.9 Å². The largest absolute Gasteiger partial charge is 0.507 e. The number of hydrogen-bond acceptors (Lipinski definition) is 7. The molecule has 2 aliphatic heterocycles. The van der Waals surface area contributed by atoms with Crippen LogP contribution in [0.2, 0.25) is 0 Å². The fraction of sp³-hybridized carbons (Fsp3) is 0.200. The van der Waals surface area contributed by atoms with Gasteiger partial charge in [0.15, 0.2) is 5.78 Å². The molecule has 0 unspecified atom stereocenters. The Morgan fingerprint density at radius 3 is 2.52 bits per heavy atom. The van der Waals surface area contributed by atoms with Crippen LogP contribution >= 0.6 is 0 Å². The van der Waals surface area contributed by atoms with Crippen molar-refractivity contribution in [1.82, 2.24) is 0 Å². The molecule has 7 nitrogen and oxygen atoms in total. The number of methoxy groups -OCH3 is 2. The Kier molecular flexibility index (Phi) is 3.07. The molecule has 7 heteroatoms. The van der Waals surface area contributed by atoms with E-state index in [2.05, 4.69) is 0 Å². The van der Waals surface area contributed by atoms with E-state index in [1.54, 1.807) is 6.08 Å². The molecule has 27 heavy (non-hydrogen) atoms. The average Bonchev–Trinajstić information content (AvgIpc) is 3.25. The summed E-state index contributed by atoms with van der Waals surface area (Å²) in [6, 6.07) is 4.52. The summed E-state index contributed by atoms with van der Waals surface area (Å²) < 4.78 is 21.5. The van der Waals surface area contributed by atoms with Crippen LogP contribution in [-0.2, 0) is 4.74 Å². The number of hydrogen-bond donors (Lipinski definition) is 1. The highest BCUT2D eigenvalue weighted by molar-refractivity contribution is 6.30. The second kappa shape index (κ2) is 5.26. The van der Waals surface area contributed by atoms with Crippen LogP contribution in [0.4, 0.5) is 0 Å². The molecule has 2 atom stereocenters. The monoisotopic (exact) mass is 366 g/mol. The maximum absolute atomic E-state index is 13.2. The molecule has 0 saturated carbocycles. The fourth-order valence-electron chi connectivity index (χ4n) is 3.88. The van der Waals surface area contributed by atoms with Crippen molar-refractivity contribution in [2.75, 3.05) is 14.2 Å². The van der Waals surface area contributed by atoms with Gasteiger partial charge in [-0.05, 0) is 18.2 Å². The topological polar surface area (TPSA) is 91.3 Å². The van der Waals surface area contributed by atoms with Gasteiger partial charge in [0, 0.05) is 17.2 Å². The number of carbonyl (C=O) groups is 2. The van der Waals surface area contributed by atoms with Gasteiger partial charge in [-0.3, -0.25) is 9.59 Å². The summed E-state index contributed by atoms with van der Waals surface area (Å²) in [6.07, 6.45) is 2.64. The van der Waals surface area contributed by atoms with Crippen molar-refractivity contribution >= 4 is 11.6 Å². The molecule has 0 radical (unpaired) electrons. The predicted octanol–water partition coefficient (Wildman–Crippen LogP) is 2.53. The van der Waals surface area contributed by atoms with Gasteiger partial charge in [-0.25, -0.2) is 0 Å². The zero-order valence-corrected chi connectivity index (χ0v) is 14.4. The first-order valence-electron chi connectivity index (χ1n) is 8.29. The lowest BCUT2D eigenvalue weighted by Crippen LogP contribution is -2.22. The Morgan fingerprint density at radius 1 is 1.00 bits per heavy atom. The molecule has 0 saturated heterocycles. The third kappa shape index (κ3) is 1.91. The molecule has 0 amide bonds. The Hall–Kier alpha value is -3.48. The van der Waals surface area contributed by atoms with Crippen LogP contribution in [0.25, 0.3) is 0 Å². The van der Waals surface area contributed by atoms with Crippen molar-refractivity contribution in [3.05, 3.63) is 58.4 Å². The zero-order valence-electron chi connectivity index (χ0n) is 14.4. The molecule has 1 N–H and O–H groups in total. The molecule has 5 rings (SSSR count). The van der Waals surface area contributed by atoms with E-state index in [-0.39, 0.29) is 39.7 Å². The van der Waals surface area contributed by atoms with E-state index >= 15 is 0 Å². The number of fused-ring (bicyclic) bond motifs is 5. The number of ether oxygens (including phenoxy) is 4. The van der Waals surface area contributed by atoms with Crippen LogP contribution in [0.15, 0.2) is 30.5 Å². The summed E-state index contributed by atoms with van der Waals surface area (Å²) in [4.78, 5) is 26.3. The second-order valence-electron chi connectivity index (χ2n) is 6.45. The summed E-state index contributed by atoms with van der Waals surface area (Å²) in [5.41, 5.74) is 0.768. The molecule has 1 aliphatic carbocycles. The molecular formula is C20H14O7. The van der Waals surface area contributed by atoms with Gasteiger partial charge in [0.1, 0.15) is 23.0 Å². The first kappa shape index (κ1) is 15.7. The highest BCUT2D eigenvalue weighted by Crippen LogP contribution is 2.51. The predicted molar refractivity (Wildman–Crippen MR) is 91.9 cm³/mol. The minimum absolute atomic E-state index is 0.0423. The zero-order chi connectivity index (χ0) is 18.9. The van der Waals surface area contributed by atoms with Gasteiger partial charge in [-0.1, -0.05) is 0 Å². The van der Waals surface area contributed by atoms with Crippen LogP contribution in [0.5, 0.6) is 23.0 Å². The highest BCUT2D eigenvalue weighted by Gasteiger charge is 2.44. The van der Waals surface area contributed by atoms with E-state index in [1.807, 2.05) is 0 Å². The minimum Gasteiger partial charge on any atom is -0.507 e. The molecule has 2 heterocycles.